The van der Waals surface area contributed by atoms with Crippen LogP contribution in [0.1, 0.15) is 53.5 Å². The second-order valence-electron chi connectivity index (χ2n) is 7.94. The number of thiophene rings is 1. The van der Waals surface area contributed by atoms with Gasteiger partial charge in [0.2, 0.25) is 0 Å². The molecule has 1 atom stereocenters. The van der Waals surface area contributed by atoms with Crippen LogP contribution in [0.25, 0.3) is 21.7 Å². The van der Waals surface area contributed by atoms with Crippen molar-refractivity contribution in [1.29, 1.82) is 0 Å². The minimum Gasteiger partial charge on any atom is -0.335 e. The Labute approximate surface area is 162 Å². The van der Waals surface area contributed by atoms with Gasteiger partial charge in [-0.2, -0.15) is 0 Å². The summed E-state index contributed by atoms with van der Waals surface area (Å²) in [6.45, 7) is 6.16. The van der Waals surface area contributed by atoms with Crippen molar-refractivity contribution < 1.29 is 9.32 Å². The first kappa shape index (κ1) is 16.9. The summed E-state index contributed by atoms with van der Waals surface area (Å²) < 4.78 is 5.46. The predicted octanol–water partition coefficient (Wildman–Crippen LogP) is 4.97. The average Bonchev–Trinajstić information content (AvgIpc) is 3.58. The molecule has 0 aromatic carbocycles. The van der Waals surface area contributed by atoms with Crippen LogP contribution >= 0.6 is 11.3 Å². The zero-order valence-corrected chi connectivity index (χ0v) is 16.7. The van der Waals surface area contributed by atoms with Gasteiger partial charge in [0.1, 0.15) is 0 Å². The fourth-order valence-electron chi connectivity index (χ4n) is 3.94. The maximum absolute atomic E-state index is 13.7. The number of carbonyl (C=O) groups is 1. The fourth-order valence-corrected chi connectivity index (χ4v) is 4.77. The standard InChI is InChI=1S/C21H23N3O2S/c1-11-4-9-18(27-11)17-10-16(19-12(2)23-26-20(19)22-17)21(25)24(15-7-8-15)13(3)14-5-6-14/h4,9-10,13-15H,5-8H2,1-3H3. The Kier molecular flexibility index (Phi) is 3.86. The molecule has 6 heteroatoms. The van der Waals surface area contributed by atoms with E-state index in [0.717, 1.165) is 34.5 Å². The van der Waals surface area contributed by atoms with Crippen molar-refractivity contribution in [2.75, 3.05) is 0 Å². The van der Waals surface area contributed by atoms with Crippen molar-refractivity contribution in [3.8, 4) is 10.6 Å². The average molecular weight is 382 g/mol. The number of aryl methyl sites for hydroxylation is 2. The molecule has 0 radical (unpaired) electrons. The molecule has 0 aliphatic heterocycles. The van der Waals surface area contributed by atoms with Gasteiger partial charge in [-0.15, -0.1) is 11.3 Å². The Morgan fingerprint density at radius 2 is 2.04 bits per heavy atom. The summed E-state index contributed by atoms with van der Waals surface area (Å²) in [7, 11) is 0. The number of aromatic nitrogens is 2. The molecule has 2 saturated carbocycles. The van der Waals surface area contributed by atoms with E-state index < -0.39 is 0 Å². The van der Waals surface area contributed by atoms with Crippen molar-refractivity contribution in [2.24, 2.45) is 5.92 Å². The summed E-state index contributed by atoms with van der Waals surface area (Å²) in [6.07, 6.45) is 4.68. The molecule has 1 amide bonds. The summed E-state index contributed by atoms with van der Waals surface area (Å²) in [5.41, 5.74) is 2.65. The van der Waals surface area contributed by atoms with Crippen LogP contribution in [0.15, 0.2) is 22.7 Å². The SMILES string of the molecule is Cc1ccc(-c2cc(C(=O)N(C3CC3)C(C)C3CC3)c3c(C)noc3n2)s1. The van der Waals surface area contributed by atoms with Crippen molar-refractivity contribution in [1.82, 2.24) is 15.0 Å². The van der Waals surface area contributed by atoms with Crippen LogP contribution in [0.4, 0.5) is 0 Å². The highest BCUT2D eigenvalue weighted by Crippen LogP contribution is 2.41. The first-order chi connectivity index (χ1) is 13.0. The smallest absolute Gasteiger partial charge is 0.259 e. The molecule has 0 saturated heterocycles. The Morgan fingerprint density at radius 3 is 2.67 bits per heavy atom. The molecule has 0 N–H and O–H groups in total. The molecule has 3 heterocycles. The maximum atomic E-state index is 13.7. The number of hydrogen-bond donors (Lipinski definition) is 0. The van der Waals surface area contributed by atoms with E-state index in [-0.39, 0.29) is 5.91 Å². The molecule has 0 spiro atoms. The number of fused-ring (bicyclic) bond motifs is 1. The van der Waals surface area contributed by atoms with Gasteiger partial charge < -0.3 is 9.42 Å². The lowest BCUT2D eigenvalue weighted by molar-refractivity contribution is 0.0656. The maximum Gasteiger partial charge on any atom is 0.259 e. The van der Waals surface area contributed by atoms with Crippen LogP contribution < -0.4 is 0 Å². The van der Waals surface area contributed by atoms with Crippen LogP contribution in [-0.2, 0) is 0 Å². The van der Waals surface area contributed by atoms with Gasteiger partial charge in [0.25, 0.3) is 11.6 Å². The lowest BCUT2D eigenvalue weighted by Crippen LogP contribution is -2.41. The molecular weight excluding hydrogens is 358 g/mol. The van der Waals surface area contributed by atoms with E-state index in [1.165, 1.54) is 17.7 Å². The fraction of sp³-hybridized carbons (Fsp3) is 0.476. The molecule has 2 fully saturated rings. The zero-order chi connectivity index (χ0) is 18.7. The van der Waals surface area contributed by atoms with Gasteiger partial charge in [-0.1, -0.05) is 5.16 Å². The van der Waals surface area contributed by atoms with Crippen molar-refractivity contribution in [2.45, 2.75) is 58.5 Å². The van der Waals surface area contributed by atoms with Gasteiger partial charge in [0, 0.05) is 17.0 Å². The highest BCUT2D eigenvalue weighted by molar-refractivity contribution is 7.15. The Bertz CT molecular complexity index is 1030. The first-order valence-corrected chi connectivity index (χ1v) is 10.5. The van der Waals surface area contributed by atoms with E-state index >= 15 is 0 Å². The van der Waals surface area contributed by atoms with Crippen LogP contribution in [-0.4, -0.2) is 33.0 Å². The molecule has 5 rings (SSSR count). The topological polar surface area (TPSA) is 59.2 Å². The molecule has 27 heavy (non-hydrogen) atoms. The molecule has 5 nitrogen and oxygen atoms in total. The molecule has 140 valence electrons. The normalized spacial score (nSPS) is 18.0. The molecule has 3 aromatic heterocycles. The van der Waals surface area contributed by atoms with E-state index in [1.54, 1.807) is 11.3 Å². The third kappa shape index (κ3) is 2.96. The second-order valence-corrected chi connectivity index (χ2v) is 9.22. The van der Waals surface area contributed by atoms with E-state index in [9.17, 15) is 4.79 Å². The largest absolute Gasteiger partial charge is 0.335 e. The van der Waals surface area contributed by atoms with Gasteiger partial charge in [-0.05, 0) is 70.6 Å². The Balaban J connectivity index is 1.63. The third-order valence-electron chi connectivity index (χ3n) is 5.76. The number of nitrogens with zero attached hydrogens (tertiary/aromatic N) is 3. The number of rotatable bonds is 5. The molecule has 3 aromatic rings. The molecule has 1 unspecified atom stereocenters. The summed E-state index contributed by atoms with van der Waals surface area (Å²) in [4.78, 5) is 22.7. The Morgan fingerprint density at radius 1 is 1.26 bits per heavy atom. The highest BCUT2D eigenvalue weighted by Gasteiger charge is 2.42. The minimum absolute atomic E-state index is 0.102. The van der Waals surface area contributed by atoms with Crippen molar-refractivity contribution in [3.63, 3.8) is 0 Å². The van der Waals surface area contributed by atoms with E-state index in [2.05, 4.69) is 41.0 Å². The van der Waals surface area contributed by atoms with Crippen LogP contribution in [0.3, 0.4) is 0 Å². The number of carbonyl (C=O) groups excluding carboxylic acids is 1. The van der Waals surface area contributed by atoms with Crippen LogP contribution in [0, 0.1) is 19.8 Å². The van der Waals surface area contributed by atoms with E-state index in [0.29, 0.717) is 29.3 Å². The number of amides is 1. The lowest BCUT2D eigenvalue weighted by Gasteiger charge is -2.30. The number of pyridine rings is 1. The van der Waals surface area contributed by atoms with Crippen LogP contribution in [0.2, 0.25) is 0 Å². The molecule has 2 aliphatic carbocycles. The summed E-state index contributed by atoms with van der Waals surface area (Å²) in [5.74, 6) is 0.750. The van der Waals surface area contributed by atoms with Gasteiger partial charge in [0.15, 0.2) is 0 Å². The van der Waals surface area contributed by atoms with Crippen molar-refractivity contribution in [3.05, 3.63) is 34.3 Å². The number of hydrogen-bond acceptors (Lipinski definition) is 5. The highest BCUT2D eigenvalue weighted by atomic mass is 32.1. The summed E-state index contributed by atoms with van der Waals surface area (Å²) in [6, 6.07) is 6.74. The third-order valence-corrected chi connectivity index (χ3v) is 6.78. The predicted molar refractivity (Wildman–Crippen MR) is 106 cm³/mol. The van der Waals surface area contributed by atoms with Crippen LogP contribution in [0.5, 0.6) is 0 Å². The summed E-state index contributed by atoms with van der Waals surface area (Å²) >= 11 is 1.68. The van der Waals surface area contributed by atoms with Gasteiger partial charge in [0.05, 0.1) is 27.2 Å². The zero-order valence-electron chi connectivity index (χ0n) is 15.9. The molecule has 0 bridgehead atoms. The second kappa shape index (κ2) is 6.16. The monoisotopic (exact) mass is 381 g/mol. The first-order valence-electron chi connectivity index (χ1n) is 9.69. The van der Waals surface area contributed by atoms with Gasteiger partial charge in [-0.3, -0.25) is 4.79 Å². The molecular formula is C21H23N3O2S. The Hall–Kier alpha value is -2.21. The van der Waals surface area contributed by atoms with Gasteiger partial charge in [-0.25, -0.2) is 4.98 Å². The summed E-state index contributed by atoms with van der Waals surface area (Å²) in [5, 5.41) is 4.84. The quantitative estimate of drug-likeness (QED) is 0.626. The van der Waals surface area contributed by atoms with Crippen molar-refractivity contribution >= 4 is 28.3 Å². The molecule has 2 aliphatic rings. The van der Waals surface area contributed by atoms with E-state index in [1.807, 2.05) is 13.0 Å². The van der Waals surface area contributed by atoms with Gasteiger partial charge >= 0.3 is 0 Å². The lowest BCUT2D eigenvalue weighted by atomic mass is 10.1. The minimum atomic E-state index is 0.102. The van der Waals surface area contributed by atoms with E-state index in [4.69, 9.17) is 4.52 Å².